The molecule has 0 aliphatic rings. The van der Waals surface area contributed by atoms with E-state index in [1.807, 2.05) is 6.92 Å². The van der Waals surface area contributed by atoms with Crippen molar-refractivity contribution in [1.29, 1.82) is 0 Å². The van der Waals surface area contributed by atoms with Crippen LogP contribution in [0.15, 0.2) is 0 Å². The molecule has 0 fully saturated rings. The van der Waals surface area contributed by atoms with Crippen molar-refractivity contribution in [2.24, 2.45) is 0 Å². The predicted octanol–water partition coefficient (Wildman–Crippen LogP) is 1.86. The molecule has 0 saturated carbocycles. The third kappa shape index (κ3) is 4.58. The van der Waals surface area contributed by atoms with E-state index in [1.165, 1.54) is 0 Å². The summed E-state index contributed by atoms with van der Waals surface area (Å²) < 4.78 is 35.9. The summed E-state index contributed by atoms with van der Waals surface area (Å²) in [5, 5.41) is 2.74. The second-order valence-electron chi connectivity index (χ2n) is 3.85. The molecule has 1 rings (SSSR count). The third-order valence-electron chi connectivity index (χ3n) is 2.34. The number of carbonyl (C=O) groups is 1. The Morgan fingerprint density at radius 3 is 2.68 bits per heavy atom. The molecule has 1 aromatic rings. The average molecular weight is 296 g/mol. The number of aromatic nitrogens is 1. The molecule has 108 valence electrons. The summed E-state index contributed by atoms with van der Waals surface area (Å²) in [6.07, 6.45) is -5.36. The number of nitrogens with one attached hydrogen (secondary N) is 1. The van der Waals surface area contributed by atoms with Gasteiger partial charge in [-0.1, -0.05) is 11.3 Å². The standard InChI is InChI=1S/C10H15F3N4OS/c1-3-17(2)9-16-7(14)6(19-9)8(18)15-5-4-10(11,12)13/h3-5,14H2,1-2H3,(H,15,18). The maximum absolute atomic E-state index is 12.0. The number of nitrogen functional groups attached to an aromatic ring is 1. The van der Waals surface area contributed by atoms with Crippen LogP contribution >= 0.6 is 11.3 Å². The van der Waals surface area contributed by atoms with Gasteiger partial charge >= 0.3 is 6.18 Å². The van der Waals surface area contributed by atoms with Gasteiger partial charge in [-0.2, -0.15) is 13.2 Å². The van der Waals surface area contributed by atoms with Gasteiger partial charge in [0.2, 0.25) is 0 Å². The highest BCUT2D eigenvalue weighted by molar-refractivity contribution is 7.18. The smallest absolute Gasteiger partial charge is 0.382 e. The van der Waals surface area contributed by atoms with Gasteiger partial charge in [0.25, 0.3) is 5.91 Å². The van der Waals surface area contributed by atoms with Gasteiger partial charge in [-0.3, -0.25) is 4.79 Å². The zero-order valence-electron chi connectivity index (χ0n) is 10.5. The van der Waals surface area contributed by atoms with Crippen LogP contribution in [-0.4, -0.2) is 37.2 Å². The lowest BCUT2D eigenvalue weighted by atomic mass is 10.4. The summed E-state index contributed by atoms with van der Waals surface area (Å²) in [4.78, 5) is 17.6. The van der Waals surface area contributed by atoms with E-state index in [0.717, 1.165) is 11.3 Å². The zero-order chi connectivity index (χ0) is 14.6. The zero-order valence-corrected chi connectivity index (χ0v) is 11.4. The minimum absolute atomic E-state index is 0.0322. The monoisotopic (exact) mass is 296 g/mol. The van der Waals surface area contributed by atoms with Crippen LogP contribution in [0.3, 0.4) is 0 Å². The van der Waals surface area contributed by atoms with Crippen LogP contribution in [0.5, 0.6) is 0 Å². The van der Waals surface area contributed by atoms with Gasteiger partial charge < -0.3 is 16.0 Å². The average Bonchev–Trinajstić information content (AvgIpc) is 2.68. The Morgan fingerprint density at radius 2 is 2.16 bits per heavy atom. The van der Waals surface area contributed by atoms with E-state index >= 15 is 0 Å². The minimum atomic E-state index is -4.29. The van der Waals surface area contributed by atoms with E-state index in [0.29, 0.717) is 11.7 Å². The molecule has 0 spiro atoms. The number of nitrogens with zero attached hydrogens (tertiary/aromatic N) is 2. The number of alkyl halides is 3. The quantitative estimate of drug-likeness (QED) is 0.870. The maximum Gasteiger partial charge on any atom is 0.390 e. The van der Waals surface area contributed by atoms with Crippen LogP contribution in [0.1, 0.15) is 23.0 Å². The molecule has 5 nitrogen and oxygen atoms in total. The van der Waals surface area contributed by atoms with Crippen LogP contribution in [0.2, 0.25) is 0 Å². The van der Waals surface area contributed by atoms with Gasteiger partial charge in [0.1, 0.15) is 10.7 Å². The Labute approximate surface area is 112 Å². The number of nitrogens with two attached hydrogens (primary N) is 1. The molecular formula is C10H15F3N4OS. The molecule has 0 unspecified atom stereocenters. The topological polar surface area (TPSA) is 71.2 Å². The molecular weight excluding hydrogens is 281 g/mol. The number of thiazole rings is 1. The predicted molar refractivity (Wildman–Crippen MR) is 68.5 cm³/mol. The molecule has 0 atom stereocenters. The molecule has 0 saturated heterocycles. The highest BCUT2D eigenvalue weighted by atomic mass is 32.1. The van der Waals surface area contributed by atoms with E-state index in [-0.39, 0.29) is 10.7 Å². The van der Waals surface area contributed by atoms with Gasteiger partial charge in [-0.15, -0.1) is 0 Å². The molecule has 0 aliphatic heterocycles. The van der Waals surface area contributed by atoms with Crippen LogP contribution in [0.4, 0.5) is 24.1 Å². The molecule has 1 aromatic heterocycles. The van der Waals surface area contributed by atoms with Crippen LogP contribution in [0.25, 0.3) is 0 Å². The number of halogens is 3. The SMILES string of the molecule is CCN(C)c1nc(N)c(C(=O)NCCC(F)(F)F)s1. The summed E-state index contributed by atoms with van der Waals surface area (Å²) in [6, 6.07) is 0. The number of hydrogen-bond acceptors (Lipinski definition) is 5. The van der Waals surface area contributed by atoms with E-state index in [2.05, 4.69) is 10.3 Å². The van der Waals surface area contributed by atoms with E-state index in [1.54, 1.807) is 11.9 Å². The minimum Gasteiger partial charge on any atom is -0.382 e. The van der Waals surface area contributed by atoms with Crippen LogP contribution < -0.4 is 16.0 Å². The van der Waals surface area contributed by atoms with Gasteiger partial charge in [0.15, 0.2) is 5.13 Å². The van der Waals surface area contributed by atoms with Crippen molar-refractivity contribution in [3.05, 3.63) is 4.88 Å². The van der Waals surface area contributed by atoms with Crippen molar-refractivity contribution in [3.63, 3.8) is 0 Å². The van der Waals surface area contributed by atoms with E-state index in [9.17, 15) is 18.0 Å². The Balaban J connectivity index is 2.65. The molecule has 1 heterocycles. The fraction of sp³-hybridized carbons (Fsp3) is 0.600. The second-order valence-corrected chi connectivity index (χ2v) is 4.82. The normalized spacial score (nSPS) is 11.4. The number of hydrogen-bond donors (Lipinski definition) is 2. The molecule has 9 heteroatoms. The third-order valence-corrected chi connectivity index (χ3v) is 3.53. The van der Waals surface area contributed by atoms with Crippen molar-refractivity contribution in [3.8, 4) is 0 Å². The fourth-order valence-corrected chi connectivity index (χ4v) is 2.11. The van der Waals surface area contributed by atoms with E-state index < -0.39 is 25.0 Å². The van der Waals surface area contributed by atoms with E-state index in [4.69, 9.17) is 5.73 Å². The number of amides is 1. The Kier molecular flexibility index (Phi) is 4.98. The van der Waals surface area contributed by atoms with Gasteiger partial charge in [-0.25, -0.2) is 4.98 Å². The van der Waals surface area contributed by atoms with Crippen molar-refractivity contribution < 1.29 is 18.0 Å². The van der Waals surface area contributed by atoms with Crippen molar-refractivity contribution >= 4 is 28.2 Å². The first kappa shape index (κ1) is 15.5. The summed E-state index contributed by atoms with van der Waals surface area (Å²) >= 11 is 1.05. The molecule has 3 N–H and O–H groups in total. The second kappa shape index (κ2) is 6.09. The van der Waals surface area contributed by atoms with Crippen molar-refractivity contribution in [2.75, 3.05) is 30.8 Å². The molecule has 1 amide bonds. The Bertz CT molecular complexity index is 446. The molecule has 0 aromatic carbocycles. The first-order valence-electron chi connectivity index (χ1n) is 5.57. The molecule has 19 heavy (non-hydrogen) atoms. The maximum atomic E-state index is 12.0. The molecule has 0 bridgehead atoms. The van der Waals surface area contributed by atoms with Gasteiger partial charge in [0, 0.05) is 20.1 Å². The van der Waals surface area contributed by atoms with Gasteiger partial charge in [0.05, 0.1) is 6.42 Å². The summed E-state index contributed by atoms with van der Waals surface area (Å²) in [7, 11) is 1.78. The molecule has 0 aliphatic carbocycles. The number of carbonyl (C=O) groups excluding carboxylic acids is 1. The first-order valence-corrected chi connectivity index (χ1v) is 6.38. The Morgan fingerprint density at radius 1 is 1.53 bits per heavy atom. The molecule has 0 radical (unpaired) electrons. The van der Waals surface area contributed by atoms with Crippen molar-refractivity contribution in [2.45, 2.75) is 19.5 Å². The highest BCUT2D eigenvalue weighted by Gasteiger charge is 2.27. The summed E-state index contributed by atoms with van der Waals surface area (Å²) in [5.74, 6) is -0.597. The first-order chi connectivity index (χ1) is 8.74. The van der Waals surface area contributed by atoms with Gasteiger partial charge in [-0.05, 0) is 6.92 Å². The lowest BCUT2D eigenvalue weighted by Gasteiger charge is -2.10. The Hall–Kier alpha value is -1.51. The number of anilines is 2. The van der Waals surface area contributed by atoms with Crippen LogP contribution in [0, 0.1) is 0 Å². The lowest BCUT2D eigenvalue weighted by molar-refractivity contribution is -0.132. The van der Waals surface area contributed by atoms with Crippen molar-refractivity contribution in [1.82, 2.24) is 10.3 Å². The summed E-state index contributed by atoms with van der Waals surface area (Å²) in [6.45, 7) is 2.11. The highest BCUT2D eigenvalue weighted by Crippen LogP contribution is 2.27. The number of rotatable bonds is 5. The van der Waals surface area contributed by atoms with Crippen LogP contribution in [-0.2, 0) is 0 Å². The summed E-state index contributed by atoms with van der Waals surface area (Å²) in [5.41, 5.74) is 5.58. The fourth-order valence-electron chi connectivity index (χ4n) is 1.18. The largest absolute Gasteiger partial charge is 0.390 e. The lowest BCUT2D eigenvalue weighted by Crippen LogP contribution is -2.27.